The van der Waals surface area contributed by atoms with E-state index in [0.717, 1.165) is 16.5 Å². The molecule has 0 aliphatic heterocycles. The van der Waals surface area contributed by atoms with Gasteiger partial charge in [0, 0.05) is 22.9 Å². The molecule has 1 heterocycles. The van der Waals surface area contributed by atoms with Crippen LogP contribution in [0.4, 0.5) is 0 Å². The molecular weight excluding hydrogens is 290 g/mol. The summed E-state index contributed by atoms with van der Waals surface area (Å²) in [7, 11) is 1.54. The molecule has 1 aromatic heterocycles. The van der Waals surface area contributed by atoms with E-state index in [2.05, 4.69) is 4.98 Å². The van der Waals surface area contributed by atoms with Crippen molar-refractivity contribution in [1.29, 1.82) is 0 Å². The fraction of sp³-hybridized carbons (Fsp3) is 0.158. The van der Waals surface area contributed by atoms with Crippen molar-refractivity contribution in [2.24, 2.45) is 0 Å². The predicted octanol–water partition coefficient (Wildman–Crippen LogP) is 3.27. The van der Waals surface area contributed by atoms with Gasteiger partial charge in [-0.1, -0.05) is 30.3 Å². The van der Waals surface area contributed by atoms with Crippen molar-refractivity contribution in [1.82, 2.24) is 4.98 Å². The van der Waals surface area contributed by atoms with Crippen molar-refractivity contribution >= 4 is 16.7 Å². The van der Waals surface area contributed by atoms with E-state index in [0.29, 0.717) is 16.9 Å². The van der Waals surface area contributed by atoms with Gasteiger partial charge in [-0.3, -0.25) is 9.59 Å². The number of hydrogen-bond acceptors (Lipinski definition) is 3. The van der Waals surface area contributed by atoms with Gasteiger partial charge in [-0.25, -0.2) is 0 Å². The number of aromatic nitrogens is 1. The summed E-state index contributed by atoms with van der Waals surface area (Å²) in [5, 5.41) is 0.896. The molecule has 1 N–H and O–H groups in total. The van der Waals surface area contributed by atoms with Gasteiger partial charge in [0.2, 0.25) is 0 Å². The third-order valence-corrected chi connectivity index (χ3v) is 4.04. The molecule has 3 aromatic rings. The number of pyridine rings is 1. The number of aromatic amines is 1. The van der Waals surface area contributed by atoms with Crippen LogP contribution in [0.5, 0.6) is 5.75 Å². The monoisotopic (exact) mass is 307 g/mol. The number of benzene rings is 2. The Morgan fingerprint density at radius 2 is 1.78 bits per heavy atom. The first kappa shape index (κ1) is 15.0. The summed E-state index contributed by atoms with van der Waals surface area (Å²) in [4.78, 5) is 27.7. The zero-order chi connectivity index (χ0) is 16.4. The molecule has 0 aliphatic rings. The Morgan fingerprint density at radius 1 is 1.09 bits per heavy atom. The number of fused-ring (bicyclic) bond motifs is 1. The van der Waals surface area contributed by atoms with Crippen molar-refractivity contribution in [3.8, 4) is 5.75 Å². The molecule has 0 radical (unpaired) electrons. The summed E-state index contributed by atoms with van der Waals surface area (Å²) in [6.07, 6.45) is 0.163. The number of Topliss-reactive ketones (excluding diaryl/α,β-unsaturated/α-hetero) is 1. The number of ether oxygens (including phenoxy) is 1. The van der Waals surface area contributed by atoms with Crippen LogP contribution in [0.15, 0.2) is 53.3 Å². The lowest BCUT2D eigenvalue weighted by molar-refractivity contribution is 0.0990. The highest BCUT2D eigenvalue weighted by Crippen LogP contribution is 2.23. The maximum absolute atomic E-state index is 12.7. The Balaban J connectivity index is 2.10. The molecule has 4 heteroatoms. The van der Waals surface area contributed by atoms with Crippen LogP contribution in [0.2, 0.25) is 0 Å². The number of carbonyl (C=O) groups excluding carboxylic acids is 1. The largest absolute Gasteiger partial charge is 0.496 e. The minimum Gasteiger partial charge on any atom is -0.496 e. The topological polar surface area (TPSA) is 59.2 Å². The zero-order valence-electron chi connectivity index (χ0n) is 13.1. The molecule has 0 atom stereocenters. The Labute approximate surface area is 133 Å². The molecule has 0 fully saturated rings. The Morgan fingerprint density at radius 3 is 2.57 bits per heavy atom. The van der Waals surface area contributed by atoms with E-state index in [1.165, 1.54) is 0 Å². The molecule has 0 spiro atoms. The normalized spacial score (nSPS) is 10.7. The number of hydrogen-bond donors (Lipinski definition) is 1. The van der Waals surface area contributed by atoms with Gasteiger partial charge in [0.05, 0.1) is 12.7 Å². The number of para-hydroxylation sites is 2. The lowest BCUT2D eigenvalue weighted by Crippen LogP contribution is -2.16. The lowest BCUT2D eigenvalue weighted by Gasteiger charge is -2.11. The van der Waals surface area contributed by atoms with Gasteiger partial charge >= 0.3 is 0 Å². The summed E-state index contributed by atoms with van der Waals surface area (Å²) < 4.78 is 5.26. The Hall–Kier alpha value is -2.88. The average molecular weight is 307 g/mol. The van der Waals surface area contributed by atoms with E-state index < -0.39 is 0 Å². The molecule has 4 nitrogen and oxygen atoms in total. The van der Waals surface area contributed by atoms with Crippen LogP contribution >= 0.6 is 0 Å². The molecule has 0 saturated heterocycles. The molecule has 0 amide bonds. The molecule has 2 aromatic carbocycles. The van der Waals surface area contributed by atoms with E-state index in [9.17, 15) is 9.59 Å². The van der Waals surface area contributed by atoms with Crippen molar-refractivity contribution in [3.63, 3.8) is 0 Å². The second-order valence-electron chi connectivity index (χ2n) is 5.40. The summed E-state index contributed by atoms with van der Waals surface area (Å²) in [6, 6.07) is 14.6. The van der Waals surface area contributed by atoms with Crippen molar-refractivity contribution < 1.29 is 9.53 Å². The fourth-order valence-corrected chi connectivity index (χ4v) is 2.77. The smallest absolute Gasteiger partial charge is 0.251 e. The van der Waals surface area contributed by atoms with E-state index in [1.807, 2.05) is 30.3 Å². The van der Waals surface area contributed by atoms with Crippen molar-refractivity contribution in [3.05, 3.63) is 75.6 Å². The van der Waals surface area contributed by atoms with Gasteiger partial charge in [-0.2, -0.15) is 0 Å². The number of nitrogens with one attached hydrogen (secondary N) is 1. The maximum atomic E-state index is 12.7. The number of rotatable bonds is 4. The van der Waals surface area contributed by atoms with Gasteiger partial charge in [-0.05, 0) is 30.7 Å². The van der Waals surface area contributed by atoms with Gasteiger partial charge in [0.15, 0.2) is 5.78 Å². The van der Waals surface area contributed by atoms with Gasteiger partial charge in [0.1, 0.15) is 5.75 Å². The first-order valence-corrected chi connectivity index (χ1v) is 7.38. The molecule has 0 unspecified atom stereocenters. The van der Waals surface area contributed by atoms with E-state index in [-0.39, 0.29) is 17.8 Å². The van der Waals surface area contributed by atoms with Crippen molar-refractivity contribution in [2.75, 3.05) is 7.11 Å². The van der Waals surface area contributed by atoms with Gasteiger partial charge in [0.25, 0.3) is 5.56 Å². The molecular formula is C19H17NO3. The molecule has 116 valence electrons. The van der Waals surface area contributed by atoms with Crippen LogP contribution in [0, 0.1) is 6.92 Å². The summed E-state index contributed by atoms with van der Waals surface area (Å²) >= 11 is 0. The van der Waals surface area contributed by atoms with Crippen LogP contribution in [-0.2, 0) is 6.42 Å². The molecule has 0 saturated carbocycles. The second kappa shape index (κ2) is 6.08. The van der Waals surface area contributed by atoms with Gasteiger partial charge in [-0.15, -0.1) is 0 Å². The Kier molecular flexibility index (Phi) is 3.98. The number of ketones is 1. The molecule has 0 aliphatic carbocycles. The highest BCUT2D eigenvalue weighted by Gasteiger charge is 2.16. The number of carbonyl (C=O) groups is 1. The summed E-state index contributed by atoms with van der Waals surface area (Å²) in [5.74, 6) is 0.477. The quantitative estimate of drug-likeness (QED) is 0.753. The minimum atomic E-state index is -0.161. The van der Waals surface area contributed by atoms with Crippen LogP contribution in [0.1, 0.15) is 21.5 Å². The highest BCUT2D eigenvalue weighted by atomic mass is 16.5. The van der Waals surface area contributed by atoms with E-state index in [4.69, 9.17) is 4.74 Å². The fourth-order valence-electron chi connectivity index (χ4n) is 2.77. The van der Waals surface area contributed by atoms with Gasteiger partial charge < -0.3 is 9.72 Å². The Bertz CT molecular complexity index is 941. The van der Waals surface area contributed by atoms with Crippen LogP contribution in [0.25, 0.3) is 10.9 Å². The highest BCUT2D eigenvalue weighted by molar-refractivity contribution is 6.02. The zero-order valence-corrected chi connectivity index (χ0v) is 13.1. The summed E-state index contributed by atoms with van der Waals surface area (Å²) in [5.41, 5.74) is 2.45. The molecule has 3 rings (SSSR count). The average Bonchev–Trinajstić information content (AvgIpc) is 2.58. The third-order valence-electron chi connectivity index (χ3n) is 4.04. The second-order valence-corrected chi connectivity index (χ2v) is 5.40. The first-order valence-electron chi connectivity index (χ1n) is 7.38. The summed E-state index contributed by atoms with van der Waals surface area (Å²) in [6.45, 7) is 1.75. The molecule has 23 heavy (non-hydrogen) atoms. The first-order chi connectivity index (χ1) is 11.1. The van der Waals surface area contributed by atoms with Crippen molar-refractivity contribution in [2.45, 2.75) is 13.3 Å². The van der Waals surface area contributed by atoms with Crippen LogP contribution in [-0.4, -0.2) is 17.9 Å². The number of H-pyrrole nitrogens is 1. The predicted molar refractivity (Wildman–Crippen MR) is 90.3 cm³/mol. The van der Waals surface area contributed by atoms with E-state index >= 15 is 0 Å². The van der Waals surface area contributed by atoms with Crippen LogP contribution in [0.3, 0.4) is 0 Å². The third kappa shape index (κ3) is 2.75. The number of methoxy groups -OCH3 is 1. The van der Waals surface area contributed by atoms with Crippen LogP contribution < -0.4 is 10.3 Å². The minimum absolute atomic E-state index is 0.0682. The lowest BCUT2D eigenvalue weighted by atomic mass is 9.96. The standard InChI is InChI=1S/C19H17NO3/c1-12-15(13-7-3-5-9-16(13)20-19(12)22)11-17(21)14-8-4-6-10-18(14)23-2/h3-10H,11H2,1-2H3,(H,20,22). The SMILES string of the molecule is COc1ccccc1C(=O)Cc1c(C)c(=O)[nH]c2ccccc12. The molecule has 0 bridgehead atoms. The maximum Gasteiger partial charge on any atom is 0.251 e. The van der Waals surface area contributed by atoms with E-state index in [1.54, 1.807) is 32.2 Å².